The van der Waals surface area contributed by atoms with Gasteiger partial charge in [-0.3, -0.25) is 0 Å². The second-order valence-electron chi connectivity index (χ2n) is 0.639. The van der Waals surface area contributed by atoms with E-state index in [0.29, 0.717) is 0 Å². The lowest BCUT2D eigenvalue weighted by Crippen LogP contribution is -2.01. The molecular formula is C2FI2NO. The molecule has 0 atom stereocenters. The average molecular weight is 327 g/mol. The first kappa shape index (κ1) is 7.68. The van der Waals surface area contributed by atoms with Crippen LogP contribution in [-0.4, -0.2) is 1.87 Å². The molecule has 5 heteroatoms. The summed E-state index contributed by atoms with van der Waals surface area (Å²) in [6, 6.07) is 0. The molecule has 0 saturated carbocycles. The Balaban J connectivity index is 3.40. The molecule has 0 aliphatic heterocycles. The van der Waals surface area contributed by atoms with E-state index >= 15 is 0 Å². The van der Waals surface area contributed by atoms with Gasteiger partial charge in [0.05, 0.1) is 0 Å². The van der Waals surface area contributed by atoms with E-state index in [0.717, 1.165) is 0 Å². The first-order valence-electron chi connectivity index (χ1n) is 1.20. The third-order valence-corrected chi connectivity index (χ3v) is 0.602. The fourth-order valence-electron chi connectivity index (χ4n) is 0.0518. The Kier molecular flexibility index (Phi) is 3.14. The molecule has 0 saturated heterocycles. The van der Waals surface area contributed by atoms with Crippen molar-refractivity contribution in [2.45, 2.75) is 1.87 Å². The molecule has 0 N–H and O–H groups in total. The third kappa shape index (κ3) is 6.68. The Morgan fingerprint density at radius 2 is 2.14 bits per heavy atom. The predicted molar refractivity (Wildman–Crippen MR) is 38.6 cm³/mol. The van der Waals surface area contributed by atoms with Crippen molar-refractivity contribution in [1.29, 1.82) is 5.26 Å². The van der Waals surface area contributed by atoms with Gasteiger partial charge in [-0.1, -0.05) is 0 Å². The number of nitriles is 1. The zero-order valence-electron chi connectivity index (χ0n) is 2.99. The molecule has 7 heavy (non-hydrogen) atoms. The van der Waals surface area contributed by atoms with Crippen LogP contribution in [0.2, 0.25) is 0 Å². The first-order valence-corrected chi connectivity index (χ1v) is 3.36. The largest absolute Gasteiger partial charge is 0.369 e. The average Bonchev–Trinajstić information content (AvgIpc) is 1.30. The fraction of sp³-hybridized carbons (Fsp3) is 0.500. The standard InChI is InChI=1S/C2FI2NO/c3-2(4,5)7-1-6. The number of alkyl halides is 3. The lowest BCUT2D eigenvalue weighted by atomic mass is 11.4. The van der Waals surface area contributed by atoms with Gasteiger partial charge in [-0.2, -0.15) is 9.65 Å². The molecule has 0 spiro atoms. The quantitative estimate of drug-likeness (QED) is 0.419. The summed E-state index contributed by atoms with van der Waals surface area (Å²) in [6.07, 6.45) is 1.22. The Morgan fingerprint density at radius 3 is 2.14 bits per heavy atom. The molecule has 0 unspecified atom stereocenters. The Hall–Kier alpha value is 0.680. The van der Waals surface area contributed by atoms with Gasteiger partial charge in [0, 0.05) is 45.2 Å². The summed E-state index contributed by atoms with van der Waals surface area (Å²) in [6.45, 7) is 0. The van der Waals surface area contributed by atoms with Gasteiger partial charge in [0.25, 0.3) is 6.26 Å². The lowest BCUT2D eigenvalue weighted by Gasteiger charge is -2.01. The number of nitrogens with zero attached hydrogens (tertiary/aromatic N) is 1. The van der Waals surface area contributed by atoms with E-state index in [1.807, 2.05) is 0 Å². The number of halogens is 3. The van der Waals surface area contributed by atoms with Gasteiger partial charge in [-0.25, -0.2) is 0 Å². The van der Waals surface area contributed by atoms with Crippen LogP contribution in [0.25, 0.3) is 0 Å². The second-order valence-corrected chi connectivity index (χ2v) is 5.48. The summed E-state index contributed by atoms with van der Waals surface area (Å²) in [7, 11) is 0. The van der Waals surface area contributed by atoms with E-state index in [9.17, 15) is 4.39 Å². The summed E-state index contributed by atoms with van der Waals surface area (Å²) in [4.78, 5) is 0. The number of hydrogen-bond acceptors (Lipinski definition) is 2. The second kappa shape index (κ2) is 2.86. The molecule has 40 valence electrons. The molecule has 0 bridgehead atoms. The van der Waals surface area contributed by atoms with Gasteiger partial charge in [-0.15, -0.1) is 0 Å². The van der Waals surface area contributed by atoms with Crippen molar-refractivity contribution in [3.63, 3.8) is 0 Å². The number of hydrogen-bond donors (Lipinski definition) is 0. The Morgan fingerprint density at radius 1 is 1.71 bits per heavy atom. The highest BCUT2D eigenvalue weighted by Crippen LogP contribution is 2.29. The molecular weight excluding hydrogens is 327 g/mol. The topological polar surface area (TPSA) is 33.0 Å². The van der Waals surface area contributed by atoms with Crippen LogP contribution in [0.15, 0.2) is 0 Å². The maximum Gasteiger partial charge on any atom is 0.359 e. The van der Waals surface area contributed by atoms with Crippen LogP contribution in [0, 0.1) is 11.5 Å². The molecule has 0 fully saturated rings. The maximum atomic E-state index is 11.9. The van der Waals surface area contributed by atoms with Gasteiger partial charge in [0.2, 0.25) is 0 Å². The molecule has 0 aliphatic carbocycles. The molecule has 0 aromatic carbocycles. The van der Waals surface area contributed by atoms with Gasteiger partial charge in [0.1, 0.15) is 0 Å². The third-order valence-electron chi connectivity index (χ3n) is 0.161. The van der Waals surface area contributed by atoms with E-state index in [1.54, 1.807) is 0 Å². The fourth-order valence-corrected chi connectivity index (χ4v) is 0.249. The van der Waals surface area contributed by atoms with Gasteiger partial charge >= 0.3 is 1.87 Å². The van der Waals surface area contributed by atoms with E-state index in [4.69, 9.17) is 5.26 Å². The maximum absolute atomic E-state index is 11.9. The summed E-state index contributed by atoms with van der Waals surface area (Å²) in [5.41, 5.74) is 0. The highest BCUT2D eigenvalue weighted by atomic mass is 127. The minimum atomic E-state index is -1.87. The molecule has 0 heterocycles. The van der Waals surface area contributed by atoms with Crippen LogP contribution in [0.5, 0.6) is 0 Å². The summed E-state index contributed by atoms with van der Waals surface area (Å²) in [5.74, 6) is 0. The molecule has 0 aliphatic rings. The van der Waals surface area contributed by atoms with Crippen LogP contribution in [0.4, 0.5) is 4.39 Å². The zero-order chi connectivity index (χ0) is 5.91. The van der Waals surface area contributed by atoms with Crippen molar-refractivity contribution in [2.24, 2.45) is 0 Å². The van der Waals surface area contributed by atoms with Crippen molar-refractivity contribution in [3.8, 4) is 6.26 Å². The Labute approximate surface area is 67.3 Å². The van der Waals surface area contributed by atoms with Gasteiger partial charge in [-0.05, 0) is 0 Å². The van der Waals surface area contributed by atoms with E-state index in [2.05, 4.69) is 4.74 Å². The summed E-state index contributed by atoms with van der Waals surface area (Å²) >= 11 is 2.70. The first-order chi connectivity index (χ1) is 3.06. The molecule has 0 rings (SSSR count). The molecule has 0 aromatic rings. The van der Waals surface area contributed by atoms with Crippen LogP contribution in [0.1, 0.15) is 0 Å². The van der Waals surface area contributed by atoms with E-state index in [-0.39, 0.29) is 0 Å². The van der Waals surface area contributed by atoms with Gasteiger partial charge in [0.15, 0.2) is 0 Å². The van der Waals surface area contributed by atoms with Crippen molar-refractivity contribution in [2.75, 3.05) is 0 Å². The molecule has 0 amide bonds. The normalized spacial score (nSPS) is 10.0. The Bertz CT molecular complexity index is 92.8. The van der Waals surface area contributed by atoms with E-state index < -0.39 is 1.87 Å². The summed E-state index contributed by atoms with van der Waals surface area (Å²) < 4.78 is 13.9. The zero-order valence-corrected chi connectivity index (χ0v) is 7.30. The van der Waals surface area contributed by atoms with Crippen molar-refractivity contribution in [1.82, 2.24) is 0 Å². The van der Waals surface area contributed by atoms with Crippen molar-refractivity contribution in [3.05, 3.63) is 0 Å². The van der Waals surface area contributed by atoms with Crippen LogP contribution >= 0.6 is 45.2 Å². The lowest BCUT2D eigenvalue weighted by molar-refractivity contribution is 0.119. The van der Waals surface area contributed by atoms with Crippen molar-refractivity contribution < 1.29 is 9.13 Å². The number of rotatable bonds is 1. The monoisotopic (exact) mass is 327 g/mol. The van der Waals surface area contributed by atoms with Crippen LogP contribution < -0.4 is 0 Å². The summed E-state index contributed by atoms with van der Waals surface area (Å²) in [5, 5.41) is 7.68. The molecule has 0 radical (unpaired) electrons. The minimum absolute atomic E-state index is 1.22. The highest BCUT2D eigenvalue weighted by molar-refractivity contribution is 14.2. The highest BCUT2D eigenvalue weighted by Gasteiger charge is 2.20. The predicted octanol–water partition coefficient (Wildman–Crippen LogP) is 1.93. The van der Waals surface area contributed by atoms with Crippen LogP contribution in [0.3, 0.4) is 0 Å². The number of ether oxygens (including phenoxy) is 1. The smallest absolute Gasteiger partial charge is 0.359 e. The van der Waals surface area contributed by atoms with Crippen molar-refractivity contribution >= 4 is 45.2 Å². The molecule has 2 nitrogen and oxygen atoms in total. The van der Waals surface area contributed by atoms with Crippen LogP contribution in [-0.2, 0) is 4.74 Å². The SMILES string of the molecule is N#COC(F)(I)I. The van der Waals surface area contributed by atoms with E-state index in [1.165, 1.54) is 51.4 Å². The van der Waals surface area contributed by atoms with Gasteiger partial charge < -0.3 is 4.74 Å². The molecule has 0 aromatic heterocycles. The minimum Gasteiger partial charge on any atom is -0.369 e.